The molecule has 0 fully saturated rings. The zero-order chi connectivity index (χ0) is 16.1. The lowest BCUT2D eigenvalue weighted by atomic mass is 10.0. The van der Waals surface area contributed by atoms with E-state index in [1.54, 1.807) is 30.9 Å². The predicted molar refractivity (Wildman–Crippen MR) is 85.8 cm³/mol. The number of imidazole rings is 1. The minimum Gasteiger partial charge on any atom is -0.305 e. The molecule has 0 unspecified atom stereocenters. The van der Waals surface area contributed by atoms with Gasteiger partial charge in [-0.15, -0.1) is 0 Å². The molecule has 5 heteroatoms. The molecule has 114 valence electrons. The van der Waals surface area contributed by atoms with Crippen LogP contribution in [0.15, 0.2) is 55.2 Å². The van der Waals surface area contributed by atoms with Gasteiger partial charge in [0.15, 0.2) is 0 Å². The van der Waals surface area contributed by atoms with Crippen molar-refractivity contribution >= 4 is 0 Å². The predicted octanol–water partition coefficient (Wildman–Crippen LogP) is 3.71. The van der Waals surface area contributed by atoms with E-state index in [9.17, 15) is 4.39 Å². The van der Waals surface area contributed by atoms with E-state index in [0.717, 1.165) is 22.5 Å². The molecular formula is C18H15FN4. The largest absolute Gasteiger partial charge is 0.305 e. The van der Waals surface area contributed by atoms with E-state index in [1.165, 1.54) is 0 Å². The van der Waals surface area contributed by atoms with Crippen LogP contribution in [0, 0.1) is 11.3 Å². The van der Waals surface area contributed by atoms with E-state index in [0.29, 0.717) is 18.4 Å². The number of aryl methyl sites for hydroxylation is 1. The molecule has 0 atom stereocenters. The molecule has 0 saturated heterocycles. The highest BCUT2D eigenvalue weighted by atomic mass is 19.1. The number of pyridine rings is 1. The lowest BCUT2D eigenvalue weighted by molar-refractivity contribution is 0.473. The summed E-state index contributed by atoms with van der Waals surface area (Å²) < 4.78 is 14.5. The van der Waals surface area contributed by atoms with Crippen molar-refractivity contribution in [3.63, 3.8) is 0 Å². The molecule has 0 bridgehead atoms. The first-order chi connectivity index (χ1) is 11.3. The first kappa shape index (κ1) is 14.9. The van der Waals surface area contributed by atoms with E-state index >= 15 is 0 Å². The maximum atomic E-state index is 12.6. The molecule has 4 nitrogen and oxygen atoms in total. The summed E-state index contributed by atoms with van der Waals surface area (Å²) in [4.78, 5) is 8.59. The molecule has 3 rings (SSSR count). The van der Waals surface area contributed by atoms with E-state index in [4.69, 9.17) is 5.26 Å². The highest BCUT2D eigenvalue weighted by Gasteiger charge is 2.09. The van der Waals surface area contributed by atoms with Gasteiger partial charge in [-0.3, -0.25) is 9.37 Å². The first-order valence-electron chi connectivity index (χ1n) is 7.35. The fourth-order valence-corrected chi connectivity index (χ4v) is 2.46. The summed E-state index contributed by atoms with van der Waals surface area (Å²) in [5.41, 5.74) is 4.24. The first-order valence-corrected chi connectivity index (χ1v) is 7.35. The maximum Gasteiger partial charge on any atom is 0.0992 e. The molecule has 0 aliphatic carbocycles. The van der Waals surface area contributed by atoms with Gasteiger partial charge >= 0.3 is 0 Å². The molecule has 0 spiro atoms. The summed E-state index contributed by atoms with van der Waals surface area (Å²) in [6, 6.07) is 11.4. The quantitative estimate of drug-likeness (QED) is 0.722. The van der Waals surface area contributed by atoms with Crippen LogP contribution in [0.3, 0.4) is 0 Å². The third kappa shape index (κ3) is 3.27. The Bertz CT molecular complexity index is 817. The monoisotopic (exact) mass is 306 g/mol. The van der Waals surface area contributed by atoms with E-state index in [1.807, 2.05) is 29.0 Å². The molecule has 0 amide bonds. The molecule has 1 aromatic carbocycles. The molecule has 0 saturated carbocycles. The van der Waals surface area contributed by atoms with Crippen molar-refractivity contribution in [2.24, 2.45) is 0 Å². The van der Waals surface area contributed by atoms with Crippen LogP contribution in [0.25, 0.3) is 16.9 Å². The van der Waals surface area contributed by atoms with Crippen molar-refractivity contribution in [2.75, 3.05) is 6.67 Å². The molecule has 0 radical (unpaired) electrons. The standard InChI is InChI=1S/C18H15FN4/c19-7-1-2-16-10-17(23-9-8-21-13-23)12-22-18(16)15-5-3-14(11-20)4-6-15/h3-6,8-10,12-13H,1-2,7H2. The molecule has 0 aliphatic heterocycles. The van der Waals surface area contributed by atoms with Gasteiger partial charge in [-0.25, -0.2) is 4.98 Å². The van der Waals surface area contributed by atoms with Gasteiger partial charge in [0.25, 0.3) is 0 Å². The van der Waals surface area contributed by atoms with Crippen molar-refractivity contribution < 1.29 is 4.39 Å². The molecule has 2 aromatic heterocycles. The van der Waals surface area contributed by atoms with Crippen molar-refractivity contribution in [2.45, 2.75) is 12.8 Å². The van der Waals surface area contributed by atoms with E-state index in [-0.39, 0.29) is 6.67 Å². The number of hydrogen-bond acceptors (Lipinski definition) is 3. The Morgan fingerprint density at radius 3 is 2.70 bits per heavy atom. The van der Waals surface area contributed by atoms with Crippen molar-refractivity contribution in [1.82, 2.24) is 14.5 Å². The Labute approximate surface area is 133 Å². The van der Waals surface area contributed by atoms with E-state index < -0.39 is 0 Å². The second kappa shape index (κ2) is 6.84. The Hall–Kier alpha value is -3.00. The smallest absolute Gasteiger partial charge is 0.0992 e. The zero-order valence-electron chi connectivity index (χ0n) is 12.5. The maximum absolute atomic E-state index is 12.6. The average molecular weight is 306 g/mol. The van der Waals surface area contributed by atoms with E-state index in [2.05, 4.69) is 16.0 Å². The number of halogens is 1. The molecule has 23 heavy (non-hydrogen) atoms. The summed E-state index contributed by atoms with van der Waals surface area (Å²) in [6.45, 7) is -0.359. The third-order valence-corrected chi connectivity index (χ3v) is 3.62. The topological polar surface area (TPSA) is 54.5 Å². The van der Waals surface area contributed by atoms with Crippen LogP contribution >= 0.6 is 0 Å². The summed E-state index contributed by atoms with van der Waals surface area (Å²) in [7, 11) is 0. The van der Waals surface area contributed by atoms with Crippen molar-refractivity contribution in [3.05, 3.63) is 66.4 Å². The van der Waals surface area contributed by atoms with Gasteiger partial charge in [-0.2, -0.15) is 5.26 Å². The van der Waals surface area contributed by atoms with Crippen LogP contribution in [-0.4, -0.2) is 21.2 Å². The molecular weight excluding hydrogens is 291 g/mol. The number of aromatic nitrogens is 3. The number of nitrogens with zero attached hydrogens (tertiary/aromatic N) is 4. The number of rotatable bonds is 5. The van der Waals surface area contributed by atoms with Crippen LogP contribution < -0.4 is 0 Å². The van der Waals surface area contributed by atoms with Gasteiger partial charge in [0.05, 0.1) is 42.2 Å². The van der Waals surface area contributed by atoms with Crippen LogP contribution in [0.1, 0.15) is 17.5 Å². The lowest BCUT2D eigenvalue weighted by Crippen LogP contribution is -1.99. The summed E-state index contributed by atoms with van der Waals surface area (Å²) >= 11 is 0. The van der Waals surface area contributed by atoms with Gasteiger partial charge in [-0.1, -0.05) is 12.1 Å². The van der Waals surface area contributed by atoms with Crippen LogP contribution in [0.5, 0.6) is 0 Å². The Kier molecular flexibility index (Phi) is 4.44. The molecule has 0 aliphatic rings. The highest BCUT2D eigenvalue weighted by molar-refractivity contribution is 5.65. The van der Waals surface area contributed by atoms with Gasteiger partial charge in [0.1, 0.15) is 0 Å². The fourth-order valence-electron chi connectivity index (χ4n) is 2.46. The Balaban J connectivity index is 2.02. The van der Waals surface area contributed by atoms with Gasteiger partial charge in [0, 0.05) is 18.0 Å². The third-order valence-electron chi connectivity index (χ3n) is 3.62. The SMILES string of the molecule is N#Cc1ccc(-c2ncc(-n3ccnc3)cc2CCCF)cc1. The van der Waals surface area contributed by atoms with Gasteiger partial charge in [-0.05, 0) is 36.6 Å². The van der Waals surface area contributed by atoms with Crippen LogP contribution in [0.4, 0.5) is 4.39 Å². The Morgan fingerprint density at radius 1 is 1.22 bits per heavy atom. The second-order valence-electron chi connectivity index (χ2n) is 5.15. The van der Waals surface area contributed by atoms with Crippen molar-refractivity contribution in [1.29, 1.82) is 5.26 Å². The normalized spacial score (nSPS) is 10.4. The number of benzene rings is 1. The van der Waals surface area contributed by atoms with Gasteiger partial charge < -0.3 is 4.57 Å². The zero-order valence-corrected chi connectivity index (χ0v) is 12.5. The lowest BCUT2D eigenvalue weighted by Gasteiger charge is -2.11. The summed E-state index contributed by atoms with van der Waals surface area (Å²) in [6.07, 6.45) is 8.10. The summed E-state index contributed by atoms with van der Waals surface area (Å²) in [5, 5.41) is 8.90. The molecule has 3 aromatic rings. The number of nitriles is 1. The fraction of sp³-hybridized carbons (Fsp3) is 0.167. The molecule has 0 N–H and O–H groups in total. The Morgan fingerprint density at radius 2 is 2.04 bits per heavy atom. The minimum atomic E-state index is -0.359. The second-order valence-corrected chi connectivity index (χ2v) is 5.15. The summed E-state index contributed by atoms with van der Waals surface area (Å²) in [5.74, 6) is 0. The van der Waals surface area contributed by atoms with Crippen LogP contribution in [-0.2, 0) is 6.42 Å². The van der Waals surface area contributed by atoms with Crippen molar-refractivity contribution in [3.8, 4) is 23.0 Å². The minimum absolute atomic E-state index is 0.359. The molecule has 2 heterocycles. The number of hydrogen-bond donors (Lipinski definition) is 0. The highest BCUT2D eigenvalue weighted by Crippen LogP contribution is 2.25. The average Bonchev–Trinajstić information content (AvgIpc) is 3.14. The van der Waals surface area contributed by atoms with Gasteiger partial charge in [0.2, 0.25) is 0 Å². The number of alkyl halides is 1. The van der Waals surface area contributed by atoms with Crippen LogP contribution in [0.2, 0.25) is 0 Å².